The van der Waals surface area contributed by atoms with Crippen molar-refractivity contribution in [3.63, 3.8) is 0 Å². The van der Waals surface area contributed by atoms with Gasteiger partial charge in [0.15, 0.2) is 0 Å². The summed E-state index contributed by atoms with van der Waals surface area (Å²) in [5, 5.41) is 9.42. The van der Waals surface area contributed by atoms with Gasteiger partial charge in [0, 0.05) is 31.2 Å². The van der Waals surface area contributed by atoms with Gasteiger partial charge in [0.05, 0.1) is 30.2 Å². The van der Waals surface area contributed by atoms with Crippen LogP contribution in [0.15, 0.2) is 47.5 Å². The summed E-state index contributed by atoms with van der Waals surface area (Å²) in [4.78, 5) is 34.4. The maximum atomic E-state index is 13.3. The molecule has 0 bridgehead atoms. The average Bonchev–Trinajstić information content (AvgIpc) is 3.22. The Morgan fingerprint density at radius 3 is 2.46 bits per heavy atom. The zero-order valence-electron chi connectivity index (χ0n) is 19.5. The van der Waals surface area contributed by atoms with Crippen LogP contribution in [-0.4, -0.2) is 57.7 Å². The molecule has 0 spiro atoms. The van der Waals surface area contributed by atoms with Gasteiger partial charge in [0.1, 0.15) is 5.82 Å². The number of aromatic nitrogens is 2. The molecule has 9 heteroatoms. The number of hydrogen-bond acceptors (Lipinski definition) is 4. The van der Waals surface area contributed by atoms with Crippen LogP contribution in [0.1, 0.15) is 47.6 Å². The number of carbonyl (C=O) groups excluding carboxylic acids is 1. The zero-order valence-corrected chi connectivity index (χ0v) is 19.5. The first kappa shape index (κ1) is 23.4. The van der Waals surface area contributed by atoms with Gasteiger partial charge in [-0.3, -0.25) is 14.5 Å². The Balaban J connectivity index is 1.53. The van der Waals surface area contributed by atoms with Crippen molar-refractivity contribution in [1.29, 1.82) is 0 Å². The van der Waals surface area contributed by atoms with Crippen LogP contribution >= 0.6 is 0 Å². The van der Waals surface area contributed by atoms with Gasteiger partial charge in [-0.1, -0.05) is 6.07 Å². The Morgan fingerprint density at radius 1 is 1.06 bits per heavy atom. The number of imidazole rings is 1. The van der Waals surface area contributed by atoms with E-state index < -0.39 is 17.7 Å². The average molecular weight is 481 g/mol. The summed E-state index contributed by atoms with van der Waals surface area (Å²) in [5.74, 6) is -1.96. The third-order valence-corrected chi connectivity index (χ3v) is 7.02. The highest BCUT2D eigenvalue weighted by Gasteiger charge is 2.28. The summed E-state index contributed by atoms with van der Waals surface area (Å²) in [6, 6.07) is 11.6. The van der Waals surface area contributed by atoms with Crippen molar-refractivity contribution < 1.29 is 23.8 Å². The predicted molar refractivity (Wildman–Crippen MR) is 127 cm³/mol. The van der Waals surface area contributed by atoms with Crippen LogP contribution in [0.3, 0.4) is 0 Å². The fourth-order valence-corrected chi connectivity index (χ4v) is 5.08. The highest BCUT2D eigenvalue weighted by molar-refractivity contribution is 5.94. The third kappa shape index (κ3) is 5.21. The van der Waals surface area contributed by atoms with E-state index in [4.69, 9.17) is 4.74 Å². The van der Waals surface area contributed by atoms with Gasteiger partial charge >= 0.3 is 5.97 Å². The lowest BCUT2D eigenvalue weighted by Crippen LogP contribution is -2.35. The number of rotatable bonds is 5. The van der Waals surface area contributed by atoms with E-state index in [1.165, 1.54) is 24.3 Å². The minimum absolute atomic E-state index is 0.0257. The first-order chi connectivity index (χ1) is 17.0. The number of carboxylic acids is 1. The summed E-state index contributed by atoms with van der Waals surface area (Å²) < 4.78 is 20.8. The van der Waals surface area contributed by atoms with E-state index in [1.54, 1.807) is 0 Å². The van der Waals surface area contributed by atoms with Crippen molar-refractivity contribution in [1.82, 2.24) is 14.5 Å². The number of nitrogens with zero attached hydrogens (tertiary/aromatic N) is 3. The van der Waals surface area contributed by atoms with E-state index in [1.807, 2.05) is 6.07 Å². The molecule has 1 aliphatic carbocycles. The summed E-state index contributed by atoms with van der Waals surface area (Å²) in [5.41, 5.74) is 3.69. The first-order valence-electron chi connectivity index (χ1n) is 12.1. The number of carbonyl (C=O) groups is 2. The van der Waals surface area contributed by atoms with Crippen molar-refractivity contribution in [2.24, 2.45) is 10.9 Å². The molecule has 2 aromatic carbocycles. The van der Waals surface area contributed by atoms with Crippen molar-refractivity contribution in [3.8, 4) is 0 Å². The molecule has 1 aliphatic heterocycles. The molecule has 1 aromatic heterocycles. The maximum absolute atomic E-state index is 13.3. The lowest BCUT2D eigenvalue weighted by atomic mass is 9.86. The summed E-state index contributed by atoms with van der Waals surface area (Å²) >= 11 is 0. The van der Waals surface area contributed by atoms with Crippen LogP contribution in [0.2, 0.25) is 0 Å². The number of nitrogens with one attached hydrogen (secondary N) is 1. The molecule has 0 unspecified atom stereocenters. The molecule has 1 saturated carbocycles. The molecule has 184 valence electrons. The molecular weight excluding hydrogens is 451 g/mol. The Hall–Kier alpha value is -3.30. The van der Waals surface area contributed by atoms with Gasteiger partial charge in [-0.05, 0) is 67.6 Å². The molecule has 2 aliphatic rings. The molecule has 8 nitrogen and oxygen atoms in total. The van der Waals surface area contributed by atoms with E-state index >= 15 is 0 Å². The third-order valence-electron chi connectivity index (χ3n) is 7.02. The molecule has 5 rings (SSSR count). The van der Waals surface area contributed by atoms with Gasteiger partial charge in [-0.2, -0.15) is 4.99 Å². The lowest BCUT2D eigenvalue weighted by molar-refractivity contribution is -0.143. The number of amides is 1. The Kier molecular flexibility index (Phi) is 6.79. The predicted octanol–water partition coefficient (Wildman–Crippen LogP) is 3.50. The summed E-state index contributed by atoms with van der Waals surface area (Å²) in [6.45, 7) is 4.03. The number of aromatic amines is 1. The fourth-order valence-electron chi connectivity index (χ4n) is 5.08. The maximum Gasteiger partial charge on any atom is 0.306 e. The Bertz CT molecular complexity index is 1280. The van der Waals surface area contributed by atoms with Crippen LogP contribution in [0, 0.1) is 11.7 Å². The van der Waals surface area contributed by atoms with Crippen molar-refractivity contribution in [2.75, 3.05) is 26.3 Å². The number of hydrogen-bond donors (Lipinski definition) is 2. The molecule has 0 atom stereocenters. The number of halogens is 1. The van der Waals surface area contributed by atoms with Crippen molar-refractivity contribution in [2.45, 2.75) is 38.3 Å². The van der Waals surface area contributed by atoms with Crippen LogP contribution in [0.4, 0.5) is 4.39 Å². The Morgan fingerprint density at radius 2 is 1.77 bits per heavy atom. The highest BCUT2D eigenvalue weighted by Crippen LogP contribution is 2.33. The smallest absolute Gasteiger partial charge is 0.306 e. The molecule has 35 heavy (non-hydrogen) atoms. The van der Waals surface area contributed by atoms with Gasteiger partial charge in [-0.15, -0.1) is 0 Å². The largest absolute Gasteiger partial charge is 0.481 e. The van der Waals surface area contributed by atoms with Crippen LogP contribution in [0.25, 0.3) is 11.0 Å². The van der Waals surface area contributed by atoms with Gasteiger partial charge in [-0.25, -0.2) is 4.39 Å². The lowest BCUT2D eigenvalue weighted by Gasteiger charge is -2.28. The second-order valence-corrected chi connectivity index (χ2v) is 9.33. The monoisotopic (exact) mass is 480 g/mol. The summed E-state index contributed by atoms with van der Waals surface area (Å²) in [6.07, 6.45) is 2.54. The first-order valence-corrected chi connectivity index (χ1v) is 12.1. The van der Waals surface area contributed by atoms with E-state index in [0.717, 1.165) is 49.4 Å². The van der Waals surface area contributed by atoms with Gasteiger partial charge in [0.25, 0.3) is 5.91 Å². The van der Waals surface area contributed by atoms with E-state index in [0.29, 0.717) is 36.9 Å². The molecule has 2 N–H and O–H groups in total. The van der Waals surface area contributed by atoms with Crippen LogP contribution in [-0.2, 0) is 16.1 Å². The van der Waals surface area contributed by atoms with Gasteiger partial charge < -0.3 is 19.4 Å². The second-order valence-electron chi connectivity index (χ2n) is 9.33. The van der Waals surface area contributed by atoms with E-state index in [9.17, 15) is 19.1 Å². The van der Waals surface area contributed by atoms with E-state index in [-0.39, 0.29) is 12.0 Å². The van der Waals surface area contributed by atoms with Crippen molar-refractivity contribution in [3.05, 3.63) is 65.0 Å². The summed E-state index contributed by atoms with van der Waals surface area (Å²) in [7, 11) is 0. The second kappa shape index (κ2) is 10.1. The van der Waals surface area contributed by atoms with Crippen LogP contribution < -0.4 is 5.62 Å². The Labute approximate surface area is 202 Å². The topological polar surface area (TPSA) is 99.9 Å². The quantitative estimate of drug-likeness (QED) is 0.582. The molecule has 2 heterocycles. The molecule has 1 amide bonds. The normalized spacial score (nSPS) is 21.9. The zero-order chi connectivity index (χ0) is 24.4. The number of fused-ring (bicyclic) bond motifs is 1. The number of ether oxygens (including phenoxy) is 1. The number of H-pyrrole nitrogens is 1. The fraction of sp³-hybridized carbons (Fsp3) is 0.423. The molecule has 3 aromatic rings. The highest BCUT2D eigenvalue weighted by atomic mass is 19.1. The number of benzene rings is 2. The number of morpholine rings is 1. The van der Waals surface area contributed by atoms with Crippen molar-refractivity contribution >= 4 is 22.9 Å². The molecular formula is C26H29FN4O4. The molecule has 0 radical (unpaired) electrons. The minimum Gasteiger partial charge on any atom is -0.481 e. The van der Waals surface area contributed by atoms with Gasteiger partial charge in [0.2, 0.25) is 5.62 Å². The SMILES string of the molecule is O=C(/N=c1\[nH]c2ccc(CN3CCOCC3)cc2n1C1CCC(C(=O)O)CC1)c1ccc(F)cc1. The standard InChI is InChI=1S/C26H29FN4O4/c27-20-6-2-18(3-7-20)24(32)29-26-28-22-10-1-17(16-30-11-13-35-14-12-30)15-23(22)31(26)21-8-4-19(5-9-21)25(33)34/h1-3,6-7,10,15,19,21H,4-5,8-9,11-14,16H2,(H,33,34)(H,28,29,32). The van der Waals surface area contributed by atoms with Crippen LogP contribution in [0.5, 0.6) is 0 Å². The molecule has 1 saturated heterocycles. The number of aliphatic carboxylic acids is 1. The number of carboxylic acid groups (broad SMARTS) is 1. The van der Waals surface area contributed by atoms with E-state index in [2.05, 4.69) is 31.6 Å². The minimum atomic E-state index is -0.753. The molecule has 2 fully saturated rings.